The molecule has 1 aromatic carbocycles. The summed E-state index contributed by atoms with van der Waals surface area (Å²) in [5, 5.41) is 3.09. The zero-order chi connectivity index (χ0) is 19.1. The fourth-order valence-electron chi connectivity index (χ4n) is 2.63. The Bertz CT molecular complexity index is 838. The van der Waals surface area contributed by atoms with Gasteiger partial charge in [-0.15, -0.1) is 0 Å². The number of nitrogens with one attached hydrogen (secondary N) is 1. The highest BCUT2D eigenvalue weighted by Gasteiger charge is 2.51. The van der Waals surface area contributed by atoms with Crippen LogP contribution in [0.4, 0.5) is 5.82 Å². The Morgan fingerprint density at radius 3 is 2.35 bits per heavy atom. The third kappa shape index (κ3) is 3.63. The molecule has 1 aliphatic rings. The van der Waals surface area contributed by atoms with Gasteiger partial charge in [-0.1, -0.05) is 17.7 Å². The molecule has 1 N–H and O–H groups in total. The van der Waals surface area contributed by atoms with Crippen LogP contribution < -0.4 is 10.8 Å². The van der Waals surface area contributed by atoms with Crippen LogP contribution in [0.1, 0.15) is 43.6 Å². The Labute approximate surface area is 159 Å². The molecule has 0 unspecified atom stereocenters. The third-order valence-electron chi connectivity index (χ3n) is 4.92. The molecule has 0 saturated carbocycles. The molecular formula is C19H22BClN2O3. The number of hydrogen-bond acceptors (Lipinski definition) is 4. The molecule has 1 amide bonds. The fraction of sp³-hybridized carbons (Fsp3) is 0.368. The lowest BCUT2D eigenvalue weighted by Crippen LogP contribution is -2.41. The first-order chi connectivity index (χ1) is 12.1. The van der Waals surface area contributed by atoms with Crippen molar-refractivity contribution in [1.29, 1.82) is 0 Å². The van der Waals surface area contributed by atoms with Crippen LogP contribution in [0.5, 0.6) is 0 Å². The minimum Gasteiger partial charge on any atom is -0.399 e. The van der Waals surface area contributed by atoms with Crippen LogP contribution in [0.25, 0.3) is 0 Å². The molecule has 0 radical (unpaired) electrons. The van der Waals surface area contributed by atoms with Crippen LogP contribution in [0, 0.1) is 6.92 Å². The summed E-state index contributed by atoms with van der Waals surface area (Å²) in [7, 11) is -0.520. The van der Waals surface area contributed by atoms with Crippen molar-refractivity contribution in [2.75, 3.05) is 5.32 Å². The first-order valence-electron chi connectivity index (χ1n) is 8.48. The van der Waals surface area contributed by atoms with Gasteiger partial charge in [0.2, 0.25) is 0 Å². The summed E-state index contributed by atoms with van der Waals surface area (Å²) in [5.41, 5.74) is 1.29. The number of halogens is 1. The van der Waals surface area contributed by atoms with Crippen LogP contribution >= 0.6 is 11.6 Å². The van der Waals surface area contributed by atoms with Crippen molar-refractivity contribution in [3.63, 3.8) is 0 Å². The zero-order valence-corrected chi connectivity index (χ0v) is 16.3. The highest BCUT2D eigenvalue weighted by atomic mass is 35.5. The zero-order valence-electron chi connectivity index (χ0n) is 15.6. The maximum absolute atomic E-state index is 12.5. The van der Waals surface area contributed by atoms with E-state index in [1.54, 1.807) is 30.5 Å². The molecule has 1 fully saturated rings. The summed E-state index contributed by atoms with van der Waals surface area (Å²) in [5.74, 6) is 0.176. The van der Waals surface area contributed by atoms with E-state index in [1.165, 1.54) is 0 Å². The summed E-state index contributed by atoms with van der Waals surface area (Å²) in [4.78, 5) is 16.6. The molecule has 2 heterocycles. The van der Waals surface area contributed by atoms with Gasteiger partial charge in [0, 0.05) is 6.20 Å². The third-order valence-corrected chi connectivity index (χ3v) is 5.23. The molecule has 2 aromatic rings. The lowest BCUT2D eigenvalue weighted by atomic mass is 9.79. The van der Waals surface area contributed by atoms with Crippen LogP contribution in [0.2, 0.25) is 5.02 Å². The van der Waals surface area contributed by atoms with Crippen molar-refractivity contribution in [2.45, 2.75) is 45.8 Å². The van der Waals surface area contributed by atoms with E-state index < -0.39 is 18.3 Å². The quantitative estimate of drug-likeness (QED) is 0.836. The van der Waals surface area contributed by atoms with Crippen molar-refractivity contribution >= 4 is 35.9 Å². The molecule has 136 valence electrons. The van der Waals surface area contributed by atoms with E-state index in [-0.39, 0.29) is 5.91 Å². The summed E-state index contributed by atoms with van der Waals surface area (Å²) < 4.78 is 12.0. The van der Waals surface area contributed by atoms with Crippen molar-refractivity contribution < 1.29 is 14.1 Å². The first kappa shape index (κ1) is 18.9. The maximum Gasteiger partial charge on any atom is 0.494 e. The van der Waals surface area contributed by atoms with Crippen LogP contribution in [0.15, 0.2) is 36.5 Å². The number of aryl methyl sites for hydroxylation is 1. The molecule has 0 aliphatic carbocycles. The van der Waals surface area contributed by atoms with E-state index >= 15 is 0 Å². The Kier molecular flexibility index (Phi) is 4.86. The highest BCUT2D eigenvalue weighted by molar-refractivity contribution is 6.62. The number of nitrogens with zero attached hydrogens (tertiary/aromatic N) is 1. The van der Waals surface area contributed by atoms with Crippen LogP contribution in [-0.4, -0.2) is 29.2 Å². The second kappa shape index (κ2) is 6.69. The van der Waals surface area contributed by atoms with E-state index in [4.69, 9.17) is 20.9 Å². The lowest BCUT2D eigenvalue weighted by Gasteiger charge is -2.32. The average molecular weight is 373 g/mol. The van der Waals surface area contributed by atoms with Gasteiger partial charge in [-0.05, 0) is 69.9 Å². The smallest absolute Gasteiger partial charge is 0.399 e. The van der Waals surface area contributed by atoms with E-state index in [0.717, 1.165) is 11.0 Å². The predicted molar refractivity (Wildman–Crippen MR) is 104 cm³/mol. The molecule has 1 aromatic heterocycles. The van der Waals surface area contributed by atoms with E-state index in [2.05, 4.69) is 10.3 Å². The Morgan fingerprint density at radius 2 is 1.77 bits per heavy atom. The molecule has 3 rings (SSSR count). The average Bonchev–Trinajstić information content (AvgIpc) is 2.75. The topological polar surface area (TPSA) is 60.5 Å². The SMILES string of the molecule is Cc1ccnc(NC(=O)c2ccc(B3OC(C)(C)C(C)(C)O3)cc2Cl)c1. The molecule has 0 spiro atoms. The summed E-state index contributed by atoms with van der Waals surface area (Å²) in [6, 6.07) is 8.84. The predicted octanol–water partition coefficient (Wildman–Crippen LogP) is 3.59. The maximum atomic E-state index is 12.5. The molecule has 1 saturated heterocycles. The second-order valence-corrected chi connectivity index (χ2v) is 7.91. The summed E-state index contributed by atoms with van der Waals surface area (Å²) in [6.45, 7) is 9.90. The summed E-state index contributed by atoms with van der Waals surface area (Å²) in [6.07, 6.45) is 1.65. The van der Waals surface area contributed by atoms with E-state index in [1.807, 2.05) is 40.7 Å². The molecule has 7 heteroatoms. The fourth-order valence-corrected chi connectivity index (χ4v) is 2.90. The van der Waals surface area contributed by atoms with Gasteiger partial charge < -0.3 is 14.6 Å². The second-order valence-electron chi connectivity index (χ2n) is 7.50. The number of benzene rings is 1. The standard InChI is InChI=1S/C19H22BClN2O3/c1-12-8-9-22-16(10-12)23-17(24)14-7-6-13(11-15(14)21)20-25-18(2,3)19(4,5)26-20/h6-11H,1-5H3,(H,22,23,24). The number of anilines is 1. The van der Waals surface area contributed by atoms with Gasteiger partial charge in [0.1, 0.15) is 5.82 Å². The molecule has 1 aliphatic heterocycles. The van der Waals surface area contributed by atoms with Crippen molar-refractivity contribution in [3.8, 4) is 0 Å². The van der Waals surface area contributed by atoms with Crippen molar-refractivity contribution in [1.82, 2.24) is 4.98 Å². The van der Waals surface area contributed by atoms with Gasteiger partial charge in [0.05, 0.1) is 21.8 Å². The highest BCUT2D eigenvalue weighted by Crippen LogP contribution is 2.36. The van der Waals surface area contributed by atoms with Gasteiger partial charge in [-0.3, -0.25) is 4.79 Å². The van der Waals surface area contributed by atoms with Gasteiger partial charge in [-0.2, -0.15) is 0 Å². The number of aromatic nitrogens is 1. The number of hydrogen-bond donors (Lipinski definition) is 1. The minimum atomic E-state index is -0.520. The van der Waals surface area contributed by atoms with E-state index in [9.17, 15) is 4.79 Å². The van der Waals surface area contributed by atoms with Gasteiger partial charge >= 0.3 is 7.12 Å². The number of carbonyl (C=O) groups excluding carboxylic acids is 1. The Hall–Kier alpha value is -1.89. The molecule has 5 nitrogen and oxygen atoms in total. The Morgan fingerprint density at radius 1 is 1.12 bits per heavy atom. The molecule has 0 atom stereocenters. The number of amides is 1. The summed E-state index contributed by atoms with van der Waals surface area (Å²) >= 11 is 6.35. The van der Waals surface area contributed by atoms with Gasteiger partial charge in [-0.25, -0.2) is 4.98 Å². The van der Waals surface area contributed by atoms with Crippen LogP contribution in [-0.2, 0) is 9.31 Å². The minimum absolute atomic E-state index is 0.312. The molecule has 0 bridgehead atoms. The Balaban J connectivity index is 1.79. The number of pyridine rings is 1. The lowest BCUT2D eigenvalue weighted by molar-refractivity contribution is 0.00578. The number of carbonyl (C=O) groups is 1. The molecular weight excluding hydrogens is 350 g/mol. The van der Waals surface area contributed by atoms with E-state index in [0.29, 0.717) is 16.4 Å². The van der Waals surface area contributed by atoms with Crippen molar-refractivity contribution in [3.05, 3.63) is 52.7 Å². The largest absolute Gasteiger partial charge is 0.494 e. The monoisotopic (exact) mass is 372 g/mol. The molecule has 26 heavy (non-hydrogen) atoms. The van der Waals surface area contributed by atoms with Gasteiger partial charge in [0.15, 0.2) is 0 Å². The van der Waals surface area contributed by atoms with Gasteiger partial charge in [0.25, 0.3) is 5.91 Å². The first-order valence-corrected chi connectivity index (χ1v) is 8.86. The number of rotatable bonds is 3. The van der Waals surface area contributed by atoms with Crippen LogP contribution in [0.3, 0.4) is 0 Å². The normalized spacial score (nSPS) is 18.0. The van der Waals surface area contributed by atoms with Crippen molar-refractivity contribution in [2.24, 2.45) is 0 Å².